The summed E-state index contributed by atoms with van der Waals surface area (Å²) in [5, 5.41) is 5.48. The highest BCUT2D eigenvalue weighted by atomic mass is 16.2. The van der Waals surface area contributed by atoms with E-state index >= 15 is 0 Å². The van der Waals surface area contributed by atoms with Crippen molar-refractivity contribution in [2.24, 2.45) is 0 Å². The summed E-state index contributed by atoms with van der Waals surface area (Å²) < 4.78 is 0. The van der Waals surface area contributed by atoms with Crippen LogP contribution in [0.1, 0.15) is 38.2 Å². The van der Waals surface area contributed by atoms with Crippen LogP contribution in [0, 0.1) is 6.92 Å². The molecule has 1 aromatic rings. The Labute approximate surface area is 142 Å². The van der Waals surface area contributed by atoms with E-state index in [9.17, 15) is 14.4 Å². The zero-order valence-electron chi connectivity index (χ0n) is 14.5. The molecule has 0 aliphatic heterocycles. The second kappa shape index (κ2) is 7.47. The maximum atomic E-state index is 13.0. The van der Waals surface area contributed by atoms with Gasteiger partial charge in [-0.15, -0.1) is 0 Å². The van der Waals surface area contributed by atoms with E-state index in [2.05, 4.69) is 10.6 Å². The van der Waals surface area contributed by atoms with E-state index in [-0.39, 0.29) is 24.3 Å². The quantitative estimate of drug-likeness (QED) is 0.864. The van der Waals surface area contributed by atoms with Crippen LogP contribution in [0.15, 0.2) is 24.3 Å². The first-order chi connectivity index (χ1) is 11.4. The van der Waals surface area contributed by atoms with Crippen LogP contribution < -0.4 is 10.6 Å². The molecule has 0 aromatic heterocycles. The van der Waals surface area contributed by atoms with Crippen LogP contribution in [-0.2, 0) is 14.4 Å². The Bertz CT molecular complexity index is 636. The molecule has 1 saturated carbocycles. The molecule has 0 saturated heterocycles. The van der Waals surface area contributed by atoms with Crippen molar-refractivity contribution in [1.82, 2.24) is 10.2 Å². The van der Waals surface area contributed by atoms with Crippen LogP contribution >= 0.6 is 0 Å². The fourth-order valence-corrected chi connectivity index (χ4v) is 3.18. The predicted octanol–water partition coefficient (Wildman–Crippen LogP) is 1.84. The lowest BCUT2D eigenvalue weighted by atomic mass is 9.93. The molecular formula is C18H25N3O3. The fourth-order valence-electron chi connectivity index (χ4n) is 3.18. The van der Waals surface area contributed by atoms with Gasteiger partial charge in [0.25, 0.3) is 0 Å². The highest BCUT2D eigenvalue weighted by Crippen LogP contribution is 2.36. The third-order valence-corrected chi connectivity index (χ3v) is 4.75. The summed E-state index contributed by atoms with van der Waals surface area (Å²) in [6.45, 7) is 3.21. The molecule has 1 fully saturated rings. The van der Waals surface area contributed by atoms with E-state index in [1.165, 1.54) is 11.8 Å². The molecule has 2 N–H and O–H groups in total. The third-order valence-electron chi connectivity index (χ3n) is 4.75. The number of carbonyl (C=O) groups is 3. The highest BCUT2D eigenvalue weighted by molar-refractivity contribution is 6.01. The third kappa shape index (κ3) is 3.75. The largest absolute Gasteiger partial charge is 0.347 e. The molecule has 6 nitrogen and oxygen atoms in total. The van der Waals surface area contributed by atoms with Crippen molar-refractivity contribution in [2.75, 3.05) is 18.9 Å². The molecule has 0 radical (unpaired) electrons. The Hall–Kier alpha value is -2.37. The Morgan fingerprint density at radius 2 is 1.79 bits per heavy atom. The van der Waals surface area contributed by atoms with Crippen LogP contribution in [0.5, 0.6) is 0 Å². The number of hydrogen-bond donors (Lipinski definition) is 2. The molecule has 6 heteroatoms. The van der Waals surface area contributed by atoms with Gasteiger partial charge in [0.2, 0.25) is 17.7 Å². The molecular weight excluding hydrogens is 306 g/mol. The number of amides is 3. The molecule has 1 aromatic carbocycles. The van der Waals surface area contributed by atoms with E-state index < -0.39 is 5.54 Å². The van der Waals surface area contributed by atoms with Crippen LogP contribution in [0.3, 0.4) is 0 Å². The number of nitrogens with one attached hydrogen (secondary N) is 2. The molecule has 24 heavy (non-hydrogen) atoms. The van der Waals surface area contributed by atoms with Gasteiger partial charge in [-0.05, 0) is 31.4 Å². The van der Waals surface area contributed by atoms with Gasteiger partial charge in [0.15, 0.2) is 0 Å². The molecule has 0 atom stereocenters. The van der Waals surface area contributed by atoms with Crippen molar-refractivity contribution in [1.29, 1.82) is 0 Å². The molecule has 0 heterocycles. The van der Waals surface area contributed by atoms with Gasteiger partial charge in [0, 0.05) is 19.7 Å². The maximum absolute atomic E-state index is 13.0. The molecule has 1 aliphatic carbocycles. The average Bonchev–Trinajstić information content (AvgIpc) is 3.05. The summed E-state index contributed by atoms with van der Waals surface area (Å²) in [7, 11) is 1.65. The number of benzene rings is 1. The van der Waals surface area contributed by atoms with Gasteiger partial charge < -0.3 is 15.5 Å². The smallest absolute Gasteiger partial charge is 0.250 e. The van der Waals surface area contributed by atoms with Gasteiger partial charge in [-0.3, -0.25) is 14.4 Å². The SMILES string of the molecule is CC(=O)NCC(=O)N(C)C1(C(=O)Nc2ccccc2C)CCCC1. The van der Waals surface area contributed by atoms with Gasteiger partial charge in [0.1, 0.15) is 5.54 Å². The molecule has 130 valence electrons. The van der Waals surface area contributed by atoms with Gasteiger partial charge >= 0.3 is 0 Å². The Morgan fingerprint density at radius 3 is 2.38 bits per heavy atom. The topological polar surface area (TPSA) is 78.5 Å². The summed E-state index contributed by atoms with van der Waals surface area (Å²) in [6.07, 6.45) is 3.07. The molecule has 0 spiro atoms. The lowest BCUT2D eigenvalue weighted by molar-refractivity contribution is -0.143. The monoisotopic (exact) mass is 331 g/mol. The molecule has 0 bridgehead atoms. The number of aryl methyl sites for hydroxylation is 1. The van der Waals surface area contributed by atoms with Crippen LogP contribution in [0.2, 0.25) is 0 Å². The number of likely N-dealkylation sites (N-methyl/N-ethyl adjacent to an activating group) is 1. The lowest BCUT2D eigenvalue weighted by Crippen LogP contribution is -2.57. The number of para-hydroxylation sites is 1. The van der Waals surface area contributed by atoms with Crippen LogP contribution in [0.25, 0.3) is 0 Å². The van der Waals surface area contributed by atoms with E-state index in [1.54, 1.807) is 7.05 Å². The molecule has 2 rings (SSSR count). The van der Waals surface area contributed by atoms with E-state index in [0.29, 0.717) is 12.8 Å². The second-order valence-corrected chi connectivity index (χ2v) is 6.37. The summed E-state index contributed by atoms with van der Waals surface area (Å²) in [4.78, 5) is 37.9. The zero-order chi connectivity index (χ0) is 17.7. The van der Waals surface area contributed by atoms with Crippen molar-refractivity contribution < 1.29 is 14.4 Å². The Balaban J connectivity index is 2.17. The Kier molecular flexibility index (Phi) is 5.59. The van der Waals surface area contributed by atoms with Crippen molar-refractivity contribution in [3.8, 4) is 0 Å². The van der Waals surface area contributed by atoms with Gasteiger partial charge in [-0.2, -0.15) is 0 Å². The normalized spacial score (nSPS) is 15.6. The number of hydrogen-bond acceptors (Lipinski definition) is 3. The fraction of sp³-hybridized carbons (Fsp3) is 0.500. The van der Waals surface area contributed by atoms with Crippen molar-refractivity contribution >= 4 is 23.4 Å². The van der Waals surface area contributed by atoms with E-state index in [4.69, 9.17) is 0 Å². The van der Waals surface area contributed by atoms with Crippen LogP contribution in [-0.4, -0.2) is 41.8 Å². The first kappa shape index (κ1) is 18.0. The summed E-state index contributed by atoms with van der Waals surface area (Å²) in [6, 6.07) is 7.58. The van der Waals surface area contributed by atoms with Crippen molar-refractivity contribution in [3.05, 3.63) is 29.8 Å². The molecule has 0 unspecified atom stereocenters. The van der Waals surface area contributed by atoms with Gasteiger partial charge in [0.05, 0.1) is 6.54 Å². The first-order valence-electron chi connectivity index (χ1n) is 8.25. The summed E-state index contributed by atoms with van der Waals surface area (Å²) >= 11 is 0. The number of anilines is 1. The zero-order valence-corrected chi connectivity index (χ0v) is 14.5. The number of carbonyl (C=O) groups excluding carboxylic acids is 3. The van der Waals surface area contributed by atoms with Crippen LogP contribution in [0.4, 0.5) is 5.69 Å². The lowest BCUT2D eigenvalue weighted by Gasteiger charge is -2.37. The van der Waals surface area contributed by atoms with E-state index in [1.807, 2.05) is 31.2 Å². The predicted molar refractivity (Wildman–Crippen MR) is 92.5 cm³/mol. The number of nitrogens with zero attached hydrogens (tertiary/aromatic N) is 1. The highest BCUT2D eigenvalue weighted by Gasteiger charge is 2.46. The molecule has 3 amide bonds. The summed E-state index contributed by atoms with van der Waals surface area (Å²) in [5.74, 6) is -0.679. The van der Waals surface area contributed by atoms with Crippen molar-refractivity contribution in [2.45, 2.75) is 45.1 Å². The van der Waals surface area contributed by atoms with Gasteiger partial charge in [-0.1, -0.05) is 31.0 Å². The van der Waals surface area contributed by atoms with Gasteiger partial charge in [-0.25, -0.2) is 0 Å². The van der Waals surface area contributed by atoms with E-state index in [0.717, 1.165) is 24.1 Å². The van der Waals surface area contributed by atoms with Crippen molar-refractivity contribution in [3.63, 3.8) is 0 Å². The minimum atomic E-state index is -0.849. The standard InChI is InChI=1S/C18H25N3O3/c1-13-8-4-5-9-15(13)20-17(24)18(10-6-7-11-18)21(3)16(23)12-19-14(2)22/h4-5,8-9H,6-7,10-12H2,1-3H3,(H,19,22)(H,20,24). The Morgan fingerprint density at radius 1 is 1.17 bits per heavy atom. The number of rotatable bonds is 5. The minimum Gasteiger partial charge on any atom is -0.347 e. The molecule has 1 aliphatic rings. The second-order valence-electron chi connectivity index (χ2n) is 6.37. The maximum Gasteiger partial charge on any atom is 0.250 e. The summed E-state index contributed by atoms with van der Waals surface area (Å²) in [5.41, 5.74) is 0.889. The minimum absolute atomic E-state index is 0.0920. The average molecular weight is 331 g/mol. The first-order valence-corrected chi connectivity index (χ1v) is 8.25.